The summed E-state index contributed by atoms with van der Waals surface area (Å²) in [5.41, 5.74) is 0. The summed E-state index contributed by atoms with van der Waals surface area (Å²) in [5, 5.41) is 0. The van der Waals surface area contributed by atoms with E-state index in [-0.39, 0.29) is 0 Å². The van der Waals surface area contributed by atoms with Crippen molar-refractivity contribution in [2.45, 2.75) is 0 Å². The minimum Gasteiger partial charge on any atom is -0.103 e. The fourth-order valence-electron chi connectivity index (χ4n) is 2.14. The molecule has 0 aromatic heterocycles. The quantitative estimate of drug-likeness (QED) is 0.554. The van der Waals surface area contributed by atoms with Crippen molar-refractivity contribution in [2.75, 3.05) is 0 Å². The Hall–Kier alpha value is -1.04. The summed E-state index contributed by atoms with van der Waals surface area (Å²) in [7, 11) is 0. The van der Waals surface area contributed by atoms with E-state index in [1.807, 2.05) is 24.3 Å². The van der Waals surface area contributed by atoms with Crippen molar-refractivity contribution in [2.24, 2.45) is 23.7 Å². The molecule has 0 nitrogen and oxygen atoms in total. The standard InChI is InChI=1S/C12H16/c1-5-9-10(6-2)12(8-4)11(9)7-3/h5-12H,1-4H2. The number of hydrogen-bond acceptors (Lipinski definition) is 0. The first-order valence-electron chi connectivity index (χ1n) is 4.30. The van der Waals surface area contributed by atoms with Crippen molar-refractivity contribution in [3.05, 3.63) is 50.6 Å². The van der Waals surface area contributed by atoms with Crippen LogP contribution >= 0.6 is 0 Å². The van der Waals surface area contributed by atoms with E-state index in [4.69, 9.17) is 0 Å². The maximum Gasteiger partial charge on any atom is -0.00987 e. The van der Waals surface area contributed by atoms with Gasteiger partial charge in [-0.15, -0.1) is 26.3 Å². The summed E-state index contributed by atoms with van der Waals surface area (Å²) in [6.45, 7) is 15.3. The Morgan fingerprint density at radius 2 is 0.667 bits per heavy atom. The highest BCUT2D eigenvalue weighted by molar-refractivity contribution is 5.18. The normalized spacial score (nSPS) is 39.3. The van der Waals surface area contributed by atoms with Gasteiger partial charge >= 0.3 is 0 Å². The molecule has 1 aliphatic rings. The summed E-state index contributed by atoms with van der Waals surface area (Å²) >= 11 is 0. The zero-order chi connectivity index (χ0) is 9.14. The molecule has 0 bridgehead atoms. The van der Waals surface area contributed by atoms with Gasteiger partial charge in [-0.1, -0.05) is 24.3 Å². The molecule has 1 fully saturated rings. The molecule has 0 radical (unpaired) electrons. The van der Waals surface area contributed by atoms with Gasteiger partial charge in [0.1, 0.15) is 0 Å². The highest BCUT2D eigenvalue weighted by atomic mass is 14.5. The molecule has 1 aliphatic carbocycles. The molecule has 0 aromatic rings. The summed E-state index contributed by atoms with van der Waals surface area (Å²) < 4.78 is 0. The van der Waals surface area contributed by atoms with Crippen LogP contribution < -0.4 is 0 Å². The summed E-state index contributed by atoms with van der Waals surface area (Å²) in [4.78, 5) is 0. The Labute approximate surface area is 75.0 Å². The Morgan fingerprint density at radius 1 is 0.500 bits per heavy atom. The van der Waals surface area contributed by atoms with E-state index in [2.05, 4.69) is 26.3 Å². The van der Waals surface area contributed by atoms with Gasteiger partial charge in [0, 0.05) is 0 Å². The summed E-state index contributed by atoms with van der Waals surface area (Å²) in [6.07, 6.45) is 7.99. The van der Waals surface area contributed by atoms with E-state index in [1.165, 1.54) is 0 Å². The van der Waals surface area contributed by atoms with Gasteiger partial charge in [-0.2, -0.15) is 0 Å². The topological polar surface area (TPSA) is 0 Å². The third-order valence-electron chi connectivity index (χ3n) is 2.87. The second-order valence-electron chi connectivity index (χ2n) is 3.25. The molecule has 0 spiro atoms. The first kappa shape index (κ1) is 9.05. The van der Waals surface area contributed by atoms with E-state index in [1.54, 1.807) is 0 Å². The van der Waals surface area contributed by atoms with E-state index < -0.39 is 0 Å². The Balaban J connectivity index is 2.77. The molecular formula is C12H16. The molecule has 64 valence electrons. The van der Waals surface area contributed by atoms with Gasteiger partial charge in [-0.25, -0.2) is 0 Å². The smallest absolute Gasteiger partial charge is 0.00987 e. The maximum absolute atomic E-state index is 3.82. The van der Waals surface area contributed by atoms with Crippen LogP contribution in [0.2, 0.25) is 0 Å². The highest BCUT2D eigenvalue weighted by Gasteiger charge is 2.43. The monoisotopic (exact) mass is 160 g/mol. The van der Waals surface area contributed by atoms with Crippen molar-refractivity contribution in [1.29, 1.82) is 0 Å². The molecule has 0 heterocycles. The van der Waals surface area contributed by atoms with Crippen LogP contribution in [0.5, 0.6) is 0 Å². The van der Waals surface area contributed by atoms with Crippen molar-refractivity contribution in [3.63, 3.8) is 0 Å². The molecule has 0 aliphatic heterocycles. The molecule has 0 saturated heterocycles. The van der Waals surface area contributed by atoms with Gasteiger partial charge in [0.25, 0.3) is 0 Å². The molecule has 0 amide bonds. The molecule has 1 rings (SSSR count). The predicted molar refractivity (Wildman–Crippen MR) is 54.7 cm³/mol. The average Bonchev–Trinajstić information content (AvgIpc) is 2.05. The van der Waals surface area contributed by atoms with Gasteiger partial charge in [0.2, 0.25) is 0 Å². The fourth-order valence-corrected chi connectivity index (χ4v) is 2.14. The molecular weight excluding hydrogens is 144 g/mol. The summed E-state index contributed by atoms with van der Waals surface area (Å²) in [6, 6.07) is 0. The van der Waals surface area contributed by atoms with E-state index in [9.17, 15) is 0 Å². The third kappa shape index (κ3) is 1.08. The van der Waals surface area contributed by atoms with Gasteiger partial charge in [0.05, 0.1) is 0 Å². The number of allylic oxidation sites excluding steroid dienone is 4. The molecule has 0 N–H and O–H groups in total. The Bertz CT molecular complexity index is 156. The Morgan fingerprint density at radius 3 is 0.750 bits per heavy atom. The molecule has 12 heavy (non-hydrogen) atoms. The Kier molecular flexibility index (Phi) is 2.69. The lowest BCUT2D eigenvalue weighted by molar-refractivity contribution is 0.126. The largest absolute Gasteiger partial charge is 0.103 e. The molecule has 1 saturated carbocycles. The average molecular weight is 160 g/mol. The maximum atomic E-state index is 3.82. The van der Waals surface area contributed by atoms with Crippen LogP contribution in [0.25, 0.3) is 0 Å². The third-order valence-corrected chi connectivity index (χ3v) is 2.87. The van der Waals surface area contributed by atoms with Crippen LogP contribution in [0.1, 0.15) is 0 Å². The van der Waals surface area contributed by atoms with Gasteiger partial charge in [0.15, 0.2) is 0 Å². The van der Waals surface area contributed by atoms with E-state index in [0.717, 1.165) is 0 Å². The zero-order valence-corrected chi connectivity index (χ0v) is 7.45. The lowest BCUT2D eigenvalue weighted by Crippen LogP contribution is -2.42. The molecule has 0 unspecified atom stereocenters. The van der Waals surface area contributed by atoms with Gasteiger partial charge in [-0.05, 0) is 23.7 Å². The highest BCUT2D eigenvalue weighted by Crippen LogP contribution is 2.48. The lowest BCUT2D eigenvalue weighted by atomic mass is 9.57. The minimum absolute atomic E-state index is 0.517. The second-order valence-corrected chi connectivity index (χ2v) is 3.25. The van der Waals surface area contributed by atoms with Crippen LogP contribution in [0.15, 0.2) is 50.6 Å². The fraction of sp³-hybridized carbons (Fsp3) is 0.333. The SMILES string of the molecule is C=CC1C(C=C)C(C=C)C1C=C. The van der Waals surface area contributed by atoms with E-state index >= 15 is 0 Å². The minimum atomic E-state index is 0.517. The molecule has 0 heteroatoms. The van der Waals surface area contributed by atoms with Crippen molar-refractivity contribution >= 4 is 0 Å². The number of hydrogen-bond donors (Lipinski definition) is 0. The van der Waals surface area contributed by atoms with Crippen LogP contribution in [0.4, 0.5) is 0 Å². The van der Waals surface area contributed by atoms with Gasteiger partial charge < -0.3 is 0 Å². The van der Waals surface area contributed by atoms with Crippen LogP contribution in [-0.4, -0.2) is 0 Å². The molecule has 0 atom stereocenters. The van der Waals surface area contributed by atoms with Gasteiger partial charge in [-0.3, -0.25) is 0 Å². The van der Waals surface area contributed by atoms with Crippen LogP contribution in [-0.2, 0) is 0 Å². The predicted octanol–water partition coefficient (Wildman–Crippen LogP) is 3.21. The first-order valence-corrected chi connectivity index (χ1v) is 4.30. The number of rotatable bonds is 4. The zero-order valence-electron chi connectivity index (χ0n) is 7.45. The first-order chi connectivity index (χ1) is 5.79. The van der Waals surface area contributed by atoms with Crippen molar-refractivity contribution < 1.29 is 0 Å². The van der Waals surface area contributed by atoms with Crippen LogP contribution in [0.3, 0.4) is 0 Å². The molecule has 0 aromatic carbocycles. The van der Waals surface area contributed by atoms with Crippen LogP contribution in [0, 0.1) is 23.7 Å². The second kappa shape index (κ2) is 3.57. The van der Waals surface area contributed by atoms with E-state index in [0.29, 0.717) is 23.7 Å². The van der Waals surface area contributed by atoms with Crippen molar-refractivity contribution in [3.8, 4) is 0 Å². The van der Waals surface area contributed by atoms with Crippen molar-refractivity contribution in [1.82, 2.24) is 0 Å². The lowest BCUT2D eigenvalue weighted by Gasteiger charge is -2.47. The summed E-state index contributed by atoms with van der Waals surface area (Å²) in [5.74, 6) is 2.07.